The van der Waals surface area contributed by atoms with Gasteiger partial charge in [0.15, 0.2) is 5.96 Å². The first kappa shape index (κ1) is 17.2. The average molecular weight is 304 g/mol. The van der Waals surface area contributed by atoms with Gasteiger partial charge in [-0.15, -0.1) is 0 Å². The van der Waals surface area contributed by atoms with Gasteiger partial charge in [-0.1, -0.05) is 13.8 Å². The molecule has 1 aliphatic rings. The molecule has 1 saturated heterocycles. The van der Waals surface area contributed by atoms with Gasteiger partial charge in [0.25, 0.3) is 0 Å². The Balaban J connectivity index is 2.40. The van der Waals surface area contributed by atoms with Crippen LogP contribution < -0.4 is 10.0 Å². The van der Waals surface area contributed by atoms with Gasteiger partial charge in [-0.2, -0.15) is 0 Å². The minimum absolute atomic E-state index is 0.0693. The molecule has 7 heteroatoms. The zero-order valence-corrected chi connectivity index (χ0v) is 14.3. The fraction of sp³-hybridized carbons (Fsp3) is 0.923. The zero-order chi connectivity index (χ0) is 15.6. The summed E-state index contributed by atoms with van der Waals surface area (Å²) in [4.78, 5) is 6.57. The van der Waals surface area contributed by atoms with Crippen molar-refractivity contribution >= 4 is 16.0 Å². The van der Waals surface area contributed by atoms with E-state index in [1.54, 1.807) is 7.05 Å². The lowest BCUT2D eigenvalue weighted by atomic mass is 9.65. The summed E-state index contributed by atoms with van der Waals surface area (Å²) in [5, 5.41) is 3.29. The lowest BCUT2D eigenvalue weighted by molar-refractivity contribution is -0.0667. The van der Waals surface area contributed by atoms with Crippen molar-refractivity contribution in [1.29, 1.82) is 0 Å². The van der Waals surface area contributed by atoms with Crippen molar-refractivity contribution < 1.29 is 8.42 Å². The summed E-state index contributed by atoms with van der Waals surface area (Å²) >= 11 is 0. The van der Waals surface area contributed by atoms with Gasteiger partial charge in [0, 0.05) is 37.6 Å². The SMILES string of the molecule is CN=C(NCCCNS(C)(=O)=O)N1CC(C)(C)C1(C)C. The highest BCUT2D eigenvalue weighted by atomic mass is 32.2. The number of likely N-dealkylation sites (tertiary alicyclic amines) is 1. The molecule has 0 saturated carbocycles. The van der Waals surface area contributed by atoms with E-state index in [9.17, 15) is 8.42 Å². The Labute approximate surface area is 123 Å². The molecule has 1 fully saturated rings. The Morgan fingerprint density at radius 3 is 2.25 bits per heavy atom. The normalized spacial score (nSPS) is 21.5. The van der Waals surface area contributed by atoms with E-state index < -0.39 is 10.0 Å². The molecule has 0 aromatic carbocycles. The second-order valence-electron chi connectivity index (χ2n) is 6.52. The van der Waals surface area contributed by atoms with Crippen LogP contribution in [0.15, 0.2) is 4.99 Å². The fourth-order valence-corrected chi connectivity index (χ4v) is 2.76. The van der Waals surface area contributed by atoms with E-state index in [0.29, 0.717) is 13.1 Å². The molecule has 1 heterocycles. The number of rotatable bonds is 5. The summed E-state index contributed by atoms with van der Waals surface area (Å²) < 4.78 is 24.4. The maximum atomic E-state index is 10.9. The van der Waals surface area contributed by atoms with Crippen molar-refractivity contribution in [2.24, 2.45) is 10.4 Å². The third kappa shape index (κ3) is 3.85. The van der Waals surface area contributed by atoms with Crippen LogP contribution in [0.2, 0.25) is 0 Å². The maximum absolute atomic E-state index is 10.9. The van der Waals surface area contributed by atoms with Crippen molar-refractivity contribution in [1.82, 2.24) is 14.9 Å². The molecular formula is C13H28N4O2S. The maximum Gasteiger partial charge on any atom is 0.208 e. The van der Waals surface area contributed by atoms with Gasteiger partial charge in [-0.05, 0) is 20.3 Å². The number of hydrogen-bond donors (Lipinski definition) is 2. The lowest BCUT2D eigenvalue weighted by Crippen LogP contribution is -2.72. The third-order valence-electron chi connectivity index (χ3n) is 4.35. The Kier molecular flexibility index (Phi) is 5.08. The molecule has 20 heavy (non-hydrogen) atoms. The number of nitrogens with zero attached hydrogens (tertiary/aromatic N) is 2. The molecule has 0 aromatic rings. The van der Waals surface area contributed by atoms with Crippen molar-refractivity contribution in [2.45, 2.75) is 39.7 Å². The van der Waals surface area contributed by atoms with Crippen LogP contribution in [0.4, 0.5) is 0 Å². The lowest BCUT2D eigenvalue weighted by Gasteiger charge is -2.62. The van der Waals surface area contributed by atoms with E-state index in [0.717, 1.165) is 18.9 Å². The number of aliphatic imine (C=N–C) groups is 1. The van der Waals surface area contributed by atoms with E-state index in [-0.39, 0.29) is 11.0 Å². The third-order valence-corrected chi connectivity index (χ3v) is 5.08. The van der Waals surface area contributed by atoms with Gasteiger partial charge in [0.2, 0.25) is 10.0 Å². The fourth-order valence-electron chi connectivity index (χ4n) is 2.24. The van der Waals surface area contributed by atoms with Gasteiger partial charge in [-0.3, -0.25) is 4.99 Å². The monoisotopic (exact) mass is 304 g/mol. The summed E-state index contributed by atoms with van der Waals surface area (Å²) in [7, 11) is -1.32. The van der Waals surface area contributed by atoms with Gasteiger partial charge in [0.05, 0.1) is 6.26 Å². The van der Waals surface area contributed by atoms with Gasteiger partial charge in [0.1, 0.15) is 0 Å². The van der Waals surface area contributed by atoms with E-state index in [1.165, 1.54) is 6.26 Å². The topological polar surface area (TPSA) is 73.8 Å². The predicted molar refractivity (Wildman–Crippen MR) is 83.4 cm³/mol. The second kappa shape index (κ2) is 5.89. The van der Waals surface area contributed by atoms with Crippen molar-refractivity contribution in [3.05, 3.63) is 0 Å². The second-order valence-corrected chi connectivity index (χ2v) is 8.36. The smallest absolute Gasteiger partial charge is 0.208 e. The molecule has 0 radical (unpaired) electrons. The van der Waals surface area contributed by atoms with Gasteiger partial charge < -0.3 is 10.2 Å². The van der Waals surface area contributed by atoms with Crippen molar-refractivity contribution in [2.75, 3.05) is 32.9 Å². The van der Waals surface area contributed by atoms with E-state index in [2.05, 4.69) is 47.6 Å². The van der Waals surface area contributed by atoms with Crippen LogP contribution >= 0.6 is 0 Å². The molecule has 0 amide bonds. The van der Waals surface area contributed by atoms with Crippen LogP contribution in [0.3, 0.4) is 0 Å². The number of hydrogen-bond acceptors (Lipinski definition) is 3. The molecule has 0 unspecified atom stereocenters. The van der Waals surface area contributed by atoms with Crippen LogP contribution in [-0.4, -0.2) is 57.8 Å². The standard InChI is InChI=1S/C13H28N4O2S/c1-12(2)10-17(13(12,3)4)11(14-5)15-8-7-9-16-20(6,18)19/h16H,7-10H2,1-6H3,(H,14,15). The summed E-state index contributed by atoms with van der Waals surface area (Å²) in [5.74, 6) is 0.883. The number of sulfonamides is 1. The molecule has 1 aliphatic heterocycles. The molecular weight excluding hydrogens is 276 g/mol. The molecule has 1 rings (SSSR count). The average Bonchev–Trinajstić information content (AvgIpc) is 2.30. The summed E-state index contributed by atoms with van der Waals surface area (Å²) in [6, 6.07) is 0. The van der Waals surface area contributed by atoms with Gasteiger partial charge in [-0.25, -0.2) is 13.1 Å². The van der Waals surface area contributed by atoms with Crippen LogP contribution in [0, 0.1) is 5.41 Å². The van der Waals surface area contributed by atoms with Crippen LogP contribution in [0.1, 0.15) is 34.1 Å². The Hall–Kier alpha value is -0.820. The first-order chi connectivity index (χ1) is 9.01. The first-order valence-corrected chi connectivity index (χ1v) is 8.83. The zero-order valence-electron chi connectivity index (χ0n) is 13.4. The minimum atomic E-state index is -3.09. The number of guanidine groups is 1. The highest BCUT2D eigenvalue weighted by Crippen LogP contribution is 2.46. The molecule has 6 nitrogen and oxygen atoms in total. The molecule has 118 valence electrons. The highest BCUT2D eigenvalue weighted by Gasteiger charge is 2.53. The largest absolute Gasteiger partial charge is 0.356 e. The molecule has 0 atom stereocenters. The quantitative estimate of drug-likeness (QED) is 0.444. The summed E-state index contributed by atoms with van der Waals surface area (Å²) in [6.07, 6.45) is 1.90. The van der Waals surface area contributed by atoms with Crippen LogP contribution in [-0.2, 0) is 10.0 Å². The highest BCUT2D eigenvalue weighted by molar-refractivity contribution is 7.88. The van der Waals surface area contributed by atoms with Gasteiger partial charge >= 0.3 is 0 Å². The summed E-state index contributed by atoms with van der Waals surface area (Å²) in [5.41, 5.74) is 0.336. The van der Waals surface area contributed by atoms with E-state index >= 15 is 0 Å². The Bertz CT molecular complexity index is 469. The van der Waals surface area contributed by atoms with E-state index in [4.69, 9.17) is 0 Å². The molecule has 0 aliphatic carbocycles. The van der Waals surface area contributed by atoms with Crippen molar-refractivity contribution in [3.63, 3.8) is 0 Å². The van der Waals surface area contributed by atoms with Crippen molar-refractivity contribution in [3.8, 4) is 0 Å². The Morgan fingerprint density at radius 1 is 1.25 bits per heavy atom. The predicted octanol–water partition coefficient (Wildman–Crippen LogP) is 0.622. The van der Waals surface area contributed by atoms with Crippen LogP contribution in [0.25, 0.3) is 0 Å². The number of nitrogens with one attached hydrogen (secondary N) is 2. The Morgan fingerprint density at radius 2 is 1.85 bits per heavy atom. The molecule has 0 spiro atoms. The van der Waals surface area contributed by atoms with E-state index in [1.807, 2.05) is 0 Å². The first-order valence-electron chi connectivity index (χ1n) is 6.94. The molecule has 0 aromatic heterocycles. The molecule has 2 N–H and O–H groups in total. The molecule has 0 bridgehead atoms. The van der Waals surface area contributed by atoms with Crippen LogP contribution in [0.5, 0.6) is 0 Å². The minimum Gasteiger partial charge on any atom is -0.356 e. The summed E-state index contributed by atoms with van der Waals surface area (Å²) in [6.45, 7) is 11.1.